The Morgan fingerprint density at radius 3 is 2.77 bits per heavy atom. The number of aryl methyl sites for hydroxylation is 2. The van der Waals surface area contributed by atoms with Gasteiger partial charge in [0.1, 0.15) is 17.9 Å². The zero-order valence-corrected chi connectivity index (χ0v) is 17.3. The van der Waals surface area contributed by atoms with E-state index >= 15 is 0 Å². The summed E-state index contributed by atoms with van der Waals surface area (Å²) in [6.45, 7) is 6.46. The number of ether oxygens (including phenoxy) is 2. The van der Waals surface area contributed by atoms with Gasteiger partial charge in [-0.25, -0.2) is 9.78 Å². The van der Waals surface area contributed by atoms with Crippen molar-refractivity contribution in [2.75, 3.05) is 33.4 Å². The van der Waals surface area contributed by atoms with Crippen molar-refractivity contribution in [3.63, 3.8) is 0 Å². The summed E-state index contributed by atoms with van der Waals surface area (Å²) in [4.78, 5) is 21.6. The number of hydrogen-bond acceptors (Lipinski definition) is 7. The van der Waals surface area contributed by atoms with Gasteiger partial charge < -0.3 is 23.6 Å². The largest absolute Gasteiger partial charge is 0.492 e. The van der Waals surface area contributed by atoms with E-state index in [1.165, 1.54) is 0 Å². The minimum atomic E-state index is -0.438. The van der Waals surface area contributed by atoms with Crippen molar-refractivity contribution in [1.82, 2.24) is 19.7 Å². The second-order valence-electron chi connectivity index (χ2n) is 7.06. The molecule has 0 fully saturated rings. The number of imidazole rings is 1. The van der Waals surface area contributed by atoms with Crippen LogP contribution in [0.1, 0.15) is 11.4 Å². The van der Waals surface area contributed by atoms with Gasteiger partial charge in [0, 0.05) is 44.0 Å². The molecule has 0 saturated heterocycles. The molecule has 1 aromatic carbocycles. The Morgan fingerprint density at radius 1 is 1.10 bits per heavy atom. The molecule has 1 N–H and O–H groups in total. The highest BCUT2D eigenvalue weighted by atomic mass is 16.5. The van der Waals surface area contributed by atoms with E-state index in [0.29, 0.717) is 42.3 Å². The van der Waals surface area contributed by atoms with Crippen LogP contribution in [0, 0.1) is 13.8 Å². The number of aromatic nitrogens is 3. The molecule has 8 nitrogen and oxygen atoms in total. The predicted molar refractivity (Wildman–Crippen MR) is 114 cm³/mol. The van der Waals surface area contributed by atoms with Crippen molar-refractivity contribution < 1.29 is 13.9 Å². The SMILES string of the molecule is COCCNCCOc1ccc2cc(-c3cn4cc(C)nc(C)c4n3)c(=O)oc2c1. The van der Waals surface area contributed by atoms with Gasteiger partial charge in [0.05, 0.1) is 29.3 Å². The Morgan fingerprint density at radius 2 is 1.93 bits per heavy atom. The lowest BCUT2D eigenvalue weighted by atomic mass is 10.1. The van der Waals surface area contributed by atoms with Crippen molar-refractivity contribution >= 4 is 16.6 Å². The third-order valence-electron chi connectivity index (χ3n) is 4.74. The Bertz CT molecular complexity index is 1250. The van der Waals surface area contributed by atoms with E-state index in [-0.39, 0.29) is 0 Å². The number of fused-ring (bicyclic) bond motifs is 2. The summed E-state index contributed by atoms with van der Waals surface area (Å²) >= 11 is 0. The van der Waals surface area contributed by atoms with Crippen molar-refractivity contribution in [1.29, 1.82) is 0 Å². The summed E-state index contributed by atoms with van der Waals surface area (Å²) in [6, 6.07) is 7.27. The second kappa shape index (κ2) is 8.64. The lowest BCUT2D eigenvalue weighted by Gasteiger charge is -2.08. The molecule has 0 saturated carbocycles. The highest BCUT2D eigenvalue weighted by Gasteiger charge is 2.14. The van der Waals surface area contributed by atoms with Gasteiger partial charge in [0.25, 0.3) is 0 Å². The Kier molecular flexibility index (Phi) is 5.78. The van der Waals surface area contributed by atoms with Crippen molar-refractivity contribution in [3.8, 4) is 17.0 Å². The maximum Gasteiger partial charge on any atom is 0.345 e. The van der Waals surface area contributed by atoms with Crippen LogP contribution in [0.3, 0.4) is 0 Å². The molecule has 4 rings (SSSR count). The molecule has 0 aliphatic rings. The van der Waals surface area contributed by atoms with E-state index in [0.717, 1.165) is 29.0 Å². The molecule has 4 aromatic rings. The molecule has 0 aliphatic heterocycles. The van der Waals surface area contributed by atoms with Crippen molar-refractivity contribution in [2.45, 2.75) is 13.8 Å². The minimum absolute atomic E-state index is 0.416. The first-order valence-electron chi connectivity index (χ1n) is 9.79. The van der Waals surface area contributed by atoms with Crippen LogP contribution in [-0.4, -0.2) is 47.8 Å². The van der Waals surface area contributed by atoms with Crippen LogP contribution in [0.2, 0.25) is 0 Å². The molecule has 30 heavy (non-hydrogen) atoms. The molecular formula is C22H24N4O4. The maximum atomic E-state index is 12.6. The normalized spacial score (nSPS) is 11.4. The van der Waals surface area contributed by atoms with Gasteiger partial charge in [0.2, 0.25) is 0 Å². The molecular weight excluding hydrogens is 384 g/mol. The molecule has 156 valence electrons. The maximum absolute atomic E-state index is 12.6. The second-order valence-corrected chi connectivity index (χ2v) is 7.06. The standard InChI is InChI=1S/C22H24N4O4/c1-14-12-26-13-19(25-21(26)15(2)24-14)18-10-16-4-5-17(11-20(16)30-22(18)27)29-9-7-23-6-8-28-3/h4-5,10-13,23H,6-9H2,1-3H3. The predicted octanol–water partition coefficient (Wildman–Crippen LogP) is 2.73. The summed E-state index contributed by atoms with van der Waals surface area (Å²) in [7, 11) is 1.67. The van der Waals surface area contributed by atoms with Gasteiger partial charge in [-0.15, -0.1) is 0 Å². The van der Waals surface area contributed by atoms with Crippen molar-refractivity contribution in [3.05, 3.63) is 58.5 Å². The fourth-order valence-corrected chi connectivity index (χ4v) is 3.33. The van der Waals surface area contributed by atoms with E-state index in [1.807, 2.05) is 42.8 Å². The van der Waals surface area contributed by atoms with E-state index in [1.54, 1.807) is 19.2 Å². The highest BCUT2D eigenvalue weighted by molar-refractivity contribution is 5.82. The fourth-order valence-electron chi connectivity index (χ4n) is 3.33. The van der Waals surface area contributed by atoms with Gasteiger partial charge >= 0.3 is 5.63 Å². The minimum Gasteiger partial charge on any atom is -0.492 e. The van der Waals surface area contributed by atoms with Gasteiger partial charge in [0.15, 0.2) is 5.65 Å². The molecule has 0 aliphatic carbocycles. The molecule has 3 aromatic heterocycles. The van der Waals surface area contributed by atoms with Crippen LogP contribution in [0.5, 0.6) is 5.75 Å². The number of hydrogen-bond donors (Lipinski definition) is 1. The zero-order chi connectivity index (χ0) is 21.1. The monoisotopic (exact) mass is 408 g/mol. The van der Waals surface area contributed by atoms with Crippen LogP contribution in [0.15, 0.2) is 45.9 Å². The molecule has 3 heterocycles. The Hall–Kier alpha value is -3.23. The zero-order valence-electron chi connectivity index (χ0n) is 17.3. The number of rotatable bonds is 8. The molecule has 0 spiro atoms. The first-order valence-corrected chi connectivity index (χ1v) is 9.79. The van der Waals surface area contributed by atoms with Crippen LogP contribution in [-0.2, 0) is 4.74 Å². The van der Waals surface area contributed by atoms with Gasteiger partial charge in [-0.1, -0.05) is 0 Å². The molecule has 8 heteroatoms. The topological polar surface area (TPSA) is 90.9 Å². The number of nitrogens with one attached hydrogen (secondary N) is 1. The molecule has 0 atom stereocenters. The van der Waals surface area contributed by atoms with Crippen molar-refractivity contribution in [2.24, 2.45) is 0 Å². The van der Waals surface area contributed by atoms with Gasteiger partial charge in [-0.2, -0.15) is 0 Å². The third-order valence-corrected chi connectivity index (χ3v) is 4.74. The number of benzene rings is 1. The van der Waals surface area contributed by atoms with E-state index in [4.69, 9.17) is 13.9 Å². The Balaban J connectivity index is 1.57. The van der Waals surface area contributed by atoms with Crippen LogP contribution in [0.4, 0.5) is 0 Å². The van der Waals surface area contributed by atoms with Crippen LogP contribution < -0.4 is 15.7 Å². The first-order chi connectivity index (χ1) is 14.5. The Labute approximate surface area is 173 Å². The van der Waals surface area contributed by atoms with Gasteiger partial charge in [-0.3, -0.25) is 4.98 Å². The average Bonchev–Trinajstić information content (AvgIpc) is 3.14. The summed E-state index contributed by atoms with van der Waals surface area (Å²) < 4.78 is 18.2. The summed E-state index contributed by atoms with van der Waals surface area (Å²) in [5, 5.41) is 4.01. The van der Waals surface area contributed by atoms with E-state index in [9.17, 15) is 4.79 Å². The molecule has 0 radical (unpaired) electrons. The summed E-state index contributed by atoms with van der Waals surface area (Å²) in [6.07, 6.45) is 3.71. The lowest BCUT2D eigenvalue weighted by Crippen LogP contribution is -2.24. The van der Waals surface area contributed by atoms with E-state index < -0.39 is 5.63 Å². The fraction of sp³-hybridized carbons (Fsp3) is 0.318. The molecule has 0 amide bonds. The summed E-state index contributed by atoms with van der Waals surface area (Å²) in [5.74, 6) is 0.650. The number of methoxy groups -OCH3 is 1. The molecule has 0 unspecified atom stereocenters. The number of nitrogens with zero attached hydrogens (tertiary/aromatic N) is 3. The summed E-state index contributed by atoms with van der Waals surface area (Å²) in [5.41, 5.74) is 3.43. The van der Waals surface area contributed by atoms with Crippen LogP contribution in [0.25, 0.3) is 27.9 Å². The van der Waals surface area contributed by atoms with E-state index in [2.05, 4.69) is 15.3 Å². The first kappa shape index (κ1) is 20.1. The van der Waals surface area contributed by atoms with Crippen LogP contribution >= 0.6 is 0 Å². The molecule has 0 bridgehead atoms. The average molecular weight is 408 g/mol. The third kappa shape index (κ3) is 4.19. The smallest absolute Gasteiger partial charge is 0.345 e. The lowest BCUT2D eigenvalue weighted by molar-refractivity contribution is 0.197. The highest BCUT2D eigenvalue weighted by Crippen LogP contribution is 2.24. The van der Waals surface area contributed by atoms with Gasteiger partial charge in [-0.05, 0) is 32.0 Å². The quantitative estimate of drug-likeness (QED) is 0.354.